The van der Waals surface area contributed by atoms with Crippen LogP contribution in [0, 0.1) is 0 Å². The minimum absolute atomic E-state index is 0.00941. The van der Waals surface area contributed by atoms with Crippen molar-refractivity contribution in [1.29, 1.82) is 0 Å². The molecule has 1 saturated carbocycles. The molecular formula is C29H39N5O7S2. The molecule has 0 bridgehead atoms. The number of carbonyl (C=O) groups excluding carboxylic acids is 1. The minimum atomic E-state index is -3.51. The number of nitrogens with zero attached hydrogens (tertiary/aromatic N) is 3. The average molecular weight is 634 g/mol. The van der Waals surface area contributed by atoms with Crippen LogP contribution in [0.1, 0.15) is 51.5 Å². The Balaban J connectivity index is 1.52. The molecule has 0 radical (unpaired) electrons. The maximum absolute atomic E-state index is 13.5. The number of thiazole rings is 1. The Hall–Kier alpha value is -3.17. The van der Waals surface area contributed by atoms with E-state index in [0.717, 1.165) is 12.8 Å². The smallest absolute Gasteiger partial charge is 0.280 e. The molecule has 1 fully saturated rings. The van der Waals surface area contributed by atoms with Crippen molar-refractivity contribution in [3.8, 4) is 5.88 Å². The van der Waals surface area contributed by atoms with Crippen LogP contribution in [0.5, 0.6) is 5.88 Å². The molecule has 1 aliphatic carbocycles. The van der Waals surface area contributed by atoms with Gasteiger partial charge in [-0.3, -0.25) is 10.1 Å². The Morgan fingerprint density at radius 1 is 1.09 bits per heavy atom. The number of hydrogen-bond acceptors (Lipinski definition) is 12. The van der Waals surface area contributed by atoms with E-state index in [9.17, 15) is 13.2 Å². The fourth-order valence-electron chi connectivity index (χ4n) is 4.40. The topological polar surface area (TPSA) is 164 Å². The van der Waals surface area contributed by atoms with Gasteiger partial charge in [0.1, 0.15) is 16.5 Å². The molecule has 3 N–H and O–H groups in total. The van der Waals surface area contributed by atoms with Crippen molar-refractivity contribution < 1.29 is 32.3 Å². The van der Waals surface area contributed by atoms with E-state index in [2.05, 4.69) is 20.4 Å². The summed E-state index contributed by atoms with van der Waals surface area (Å²) >= 11 is 1.19. The van der Waals surface area contributed by atoms with Gasteiger partial charge >= 0.3 is 0 Å². The molecule has 1 amide bonds. The van der Waals surface area contributed by atoms with E-state index in [4.69, 9.17) is 24.8 Å². The third kappa shape index (κ3) is 9.41. The van der Waals surface area contributed by atoms with Crippen LogP contribution in [0.15, 0.2) is 46.4 Å². The molecule has 0 unspecified atom stereocenters. The molecule has 1 aliphatic rings. The van der Waals surface area contributed by atoms with Crippen LogP contribution in [-0.4, -0.2) is 80.9 Å². The third-order valence-corrected chi connectivity index (χ3v) is 9.57. The lowest BCUT2D eigenvalue weighted by Crippen LogP contribution is -2.33. The van der Waals surface area contributed by atoms with E-state index in [0.29, 0.717) is 59.4 Å². The summed E-state index contributed by atoms with van der Waals surface area (Å²) in [6.07, 6.45) is 3.14. The van der Waals surface area contributed by atoms with Crippen LogP contribution in [0.3, 0.4) is 0 Å². The normalized spacial score (nSPS) is 17.7. The Morgan fingerprint density at radius 2 is 1.84 bits per heavy atom. The standard InChI is InChI=1S/C29H39N5O7S2/c1-29(2,30)14-16-40-24-13-12-23-27(32-24)42-28(31-23)33-26(35)25(34-41-21-9-8-20(18-21)39-4)19-6-10-22(11-7-19)43(36,37)17-5-15-38-3/h6-7,10-13,20-21H,5,8-9,14-18,30H2,1-4H3,(H,31,33,35)/b34-25+/t20-,21-/m1/s1. The molecule has 0 spiro atoms. The summed E-state index contributed by atoms with van der Waals surface area (Å²) in [5.41, 5.74) is 6.65. The van der Waals surface area contributed by atoms with E-state index < -0.39 is 15.7 Å². The number of ether oxygens (including phenoxy) is 3. The molecule has 234 valence electrons. The highest BCUT2D eigenvalue weighted by molar-refractivity contribution is 7.91. The van der Waals surface area contributed by atoms with Gasteiger partial charge in [-0.2, -0.15) is 0 Å². The van der Waals surface area contributed by atoms with Crippen LogP contribution in [0.25, 0.3) is 10.3 Å². The van der Waals surface area contributed by atoms with Gasteiger partial charge in [-0.25, -0.2) is 18.4 Å². The van der Waals surface area contributed by atoms with Crippen LogP contribution >= 0.6 is 11.3 Å². The zero-order chi connectivity index (χ0) is 31.0. The first kappa shape index (κ1) is 32.7. The van der Waals surface area contributed by atoms with Crippen molar-refractivity contribution in [3.63, 3.8) is 0 Å². The number of aromatic nitrogens is 2. The van der Waals surface area contributed by atoms with Gasteiger partial charge in [0, 0.05) is 44.4 Å². The fraction of sp³-hybridized carbons (Fsp3) is 0.517. The second-order valence-electron chi connectivity index (χ2n) is 11.1. The first-order valence-corrected chi connectivity index (χ1v) is 16.5. The minimum Gasteiger partial charge on any atom is -0.478 e. The van der Waals surface area contributed by atoms with E-state index in [-0.39, 0.29) is 34.1 Å². The summed E-state index contributed by atoms with van der Waals surface area (Å²) in [6, 6.07) is 9.51. The zero-order valence-electron chi connectivity index (χ0n) is 24.9. The number of fused-ring (bicyclic) bond motifs is 1. The first-order valence-electron chi connectivity index (χ1n) is 14.1. The van der Waals surface area contributed by atoms with Crippen molar-refractivity contribution in [2.45, 2.75) is 68.6 Å². The quantitative estimate of drug-likeness (QED) is 0.142. The summed E-state index contributed by atoms with van der Waals surface area (Å²) < 4.78 is 41.5. The van der Waals surface area contributed by atoms with Gasteiger partial charge in [0.15, 0.2) is 20.7 Å². The number of nitrogens with two attached hydrogens (primary N) is 1. The number of amides is 1. The molecule has 14 heteroatoms. The maximum Gasteiger partial charge on any atom is 0.280 e. The van der Waals surface area contributed by atoms with E-state index in [1.807, 2.05) is 13.8 Å². The van der Waals surface area contributed by atoms with Crippen LogP contribution in [0.4, 0.5) is 5.13 Å². The Kier molecular flexibility index (Phi) is 11.1. The molecule has 0 saturated heterocycles. The highest BCUT2D eigenvalue weighted by Gasteiger charge is 2.27. The lowest BCUT2D eigenvalue weighted by molar-refractivity contribution is -0.110. The number of pyridine rings is 1. The first-order chi connectivity index (χ1) is 20.5. The SMILES string of the molecule is COCCCS(=O)(=O)c1ccc(/C(=N\O[C@@H]2CC[C@@H](OC)C2)C(=O)Nc2nc3ccc(OCCC(C)(C)N)nc3s2)cc1. The summed E-state index contributed by atoms with van der Waals surface area (Å²) in [4.78, 5) is 29.0. The molecule has 2 heterocycles. The predicted molar refractivity (Wildman–Crippen MR) is 165 cm³/mol. The number of hydrogen-bond donors (Lipinski definition) is 2. The maximum atomic E-state index is 13.5. The lowest BCUT2D eigenvalue weighted by atomic mass is 10.0. The van der Waals surface area contributed by atoms with Crippen molar-refractivity contribution in [1.82, 2.24) is 9.97 Å². The molecule has 4 rings (SSSR count). The van der Waals surface area contributed by atoms with E-state index >= 15 is 0 Å². The largest absolute Gasteiger partial charge is 0.478 e. The number of nitrogens with one attached hydrogen (secondary N) is 1. The van der Waals surface area contributed by atoms with Crippen LogP contribution < -0.4 is 15.8 Å². The second-order valence-corrected chi connectivity index (χ2v) is 14.1. The second kappa shape index (κ2) is 14.5. The Bertz CT molecular complexity index is 1520. The van der Waals surface area contributed by atoms with Crippen molar-refractivity contribution in [2.75, 3.05) is 38.5 Å². The van der Waals surface area contributed by atoms with Gasteiger partial charge in [0.05, 0.1) is 23.4 Å². The average Bonchev–Trinajstić information content (AvgIpc) is 3.59. The fourth-order valence-corrected chi connectivity index (χ4v) is 6.51. The molecule has 12 nitrogen and oxygen atoms in total. The summed E-state index contributed by atoms with van der Waals surface area (Å²) in [5.74, 6) is -0.161. The lowest BCUT2D eigenvalue weighted by Gasteiger charge is -2.17. The highest BCUT2D eigenvalue weighted by atomic mass is 32.2. The van der Waals surface area contributed by atoms with Crippen molar-refractivity contribution >= 4 is 48.3 Å². The van der Waals surface area contributed by atoms with Crippen LogP contribution in [0.2, 0.25) is 0 Å². The third-order valence-electron chi connectivity index (χ3n) is 6.87. The molecule has 2 atom stereocenters. The monoisotopic (exact) mass is 633 g/mol. The number of methoxy groups -OCH3 is 2. The van der Waals surface area contributed by atoms with Gasteiger partial charge in [0.25, 0.3) is 5.91 Å². The molecule has 1 aromatic carbocycles. The number of sulfone groups is 1. The summed E-state index contributed by atoms with van der Waals surface area (Å²) in [6.45, 7) is 4.62. The van der Waals surface area contributed by atoms with Gasteiger partial charge in [-0.05, 0) is 57.7 Å². The van der Waals surface area contributed by atoms with Gasteiger partial charge < -0.3 is 24.8 Å². The zero-order valence-corrected chi connectivity index (χ0v) is 26.5. The molecule has 3 aromatic rings. The number of oxime groups is 1. The number of carbonyl (C=O) groups is 1. The van der Waals surface area contributed by atoms with Gasteiger partial charge in [0.2, 0.25) is 5.88 Å². The number of benzene rings is 1. The van der Waals surface area contributed by atoms with Gasteiger partial charge in [-0.1, -0.05) is 28.6 Å². The Labute approximate surface area is 255 Å². The van der Waals surface area contributed by atoms with E-state index in [1.54, 1.807) is 31.4 Å². The van der Waals surface area contributed by atoms with E-state index in [1.165, 1.54) is 30.6 Å². The number of rotatable bonds is 15. The molecule has 2 aromatic heterocycles. The molecular weight excluding hydrogens is 594 g/mol. The summed E-state index contributed by atoms with van der Waals surface area (Å²) in [5, 5.41) is 7.34. The van der Waals surface area contributed by atoms with Crippen molar-refractivity contribution in [3.05, 3.63) is 42.0 Å². The predicted octanol–water partition coefficient (Wildman–Crippen LogP) is 3.93. The molecule has 0 aliphatic heterocycles. The molecule has 43 heavy (non-hydrogen) atoms. The Morgan fingerprint density at radius 3 is 2.51 bits per heavy atom. The summed E-state index contributed by atoms with van der Waals surface area (Å²) in [7, 11) is -0.326. The van der Waals surface area contributed by atoms with Crippen molar-refractivity contribution in [2.24, 2.45) is 10.9 Å². The van der Waals surface area contributed by atoms with Crippen LogP contribution in [-0.2, 0) is 28.9 Å². The van der Waals surface area contributed by atoms with Gasteiger partial charge in [-0.15, -0.1) is 0 Å². The highest BCUT2D eigenvalue weighted by Crippen LogP contribution is 2.28. The number of anilines is 1.